The van der Waals surface area contributed by atoms with Crippen molar-refractivity contribution in [3.63, 3.8) is 0 Å². The van der Waals surface area contributed by atoms with Crippen molar-refractivity contribution in [2.24, 2.45) is 0 Å². The van der Waals surface area contributed by atoms with Crippen molar-refractivity contribution >= 4 is 28.5 Å². The van der Waals surface area contributed by atoms with Crippen LogP contribution in [-0.2, 0) is 0 Å². The van der Waals surface area contributed by atoms with E-state index in [9.17, 15) is 4.79 Å². The molecule has 4 heterocycles. The molecule has 1 aromatic carbocycles. The molecule has 162 valence electrons. The monoisotopic (exact) mass is 437 g/mol. The molecule has 0 atom stereocenters. The normalized spacial score (nSPS) is 18.4. The average molecular weight is 438 g/mol. The summed E-state index contributed by atoms with van der Waals surface area (Å²) in [5, 5.41) is 8.54. The Hall–Kier alpha value is -2.57. The summed E-state index contributed by atoms with van der Waals surface area (Å²) in [6, 6.07) is 10.4. The fraction of sp³-hybridized carbons (Fsp3) is 0.417. The minimum Gasteiger partial charge on any atom is -0.335 e. The molecule has 0 bridgehead atoms. The van der Waals surface area contributed by atoms with Gasteiger partial charge in [-0.1, -0.05) is 11.6 Å². The van der Waals surface area contributed by atoms with Crippen molar-refractivity contribution in [3.05, 3.63) is 59.5 Å². The number of pyridine rings is 1. The number of nitrogens with one attached hydrogen (secondary N) is 2. The fourth-order valence-corrected chi connectivity index (χ4v) is 4.99. The molecule has 2 aliphatic heterocycles. The predicted molar refractivity (Wildman–Crippen MR) is 124 cm³/mol. The van der Waals surface area contributed by atoms with Gasteiger partial charge < -0.3 is 20.1 Å². The highest BCUT2D eigenvalue weighted by Gasteiger charge is 2.27. The van der Waals surface area contributed by atoms with E-state index in [1.54, 1.807) is 0 Å². The molecule has 3 aromatic rings. The van der Waals surface area contributed by atoms with Gasteiger partial charge in [0.25, 0.3) is 0 Å². The van der Waals surface area contributed by atoms with Crippen LogP contribution in [0.3, 0.4) is 0 Å². The van der Waals surface area contributed by atoms with Crippen molar-refractivity contribution in [2.45, 2.75) is 37.6 Å². The largest absolute Gasteiger partial charge is 0.335 e. The van der Waals surface area contributed by atoms with Gasteiger partial charge in [0, 0.05) is 47.6 Å². The topological polar surface area (TPSA) is 62.2 Å². The molecule has 5 rings (SSSR count). The van der Waals surface area contributed by atoms with Gasteiger partial charge in [-0.25, -0.2) is 4.79 Å². The van der Waals surface area contributed by atoms with E-state index in [1.807, 2.05) is 41.6 Å². The molecule has 0 spiro atoms. The van der Waals surface area contributed by atoms with Crippen LogP contribution in [0.2, 0.25) is 5.02 Å². The highest BCUT2D eigenvalue weighted by atomic mass is 35.5. The fourth-order valence-electron chi connectivity index (χ4n) is 4.87. The number of benzene rings is 1. The van der Waals surface area contributed by atoms with Crippen molar-refractivity contribution in [1.29, 1.82) is 0 Å². The van der Waals surface area contributed by atoms with E-state index in [4.69, 9.17) is 11.6 Å². The van der Waals surface area contributed by atoms with Crippen LogP contribution in [0.4, 0.5) is 4.79 Å². The van der Waals surface area contributed by atoms with Crippen molar-refractivity contribution in [3.8, 4) is 5.69 Å². The molecule has 6 nitrogen and oxygen atoms in total. The van der Waals surface area contributed by atoms with E-state index in [2.05, 4.69) is 32.4 Å². The Labute approximate surface area is 187 Å². The van der Waals surface area contributed by atoms with Gasteiger partial charge in [-0.2, -0.15) is 0 Å². The molecule has 2 N–H and O–H groups in total. The number of carbonyl (C=O) groups is 1. The summed E-state index contributed by atoms with van der Waals surface area (Å²) in [5.41, 5.74) is 3.52. The van der Waals surface area contributed by atoms with E-state index < -0.39 is 0 Å². The van der Waals surface area contributed by atoms with Gasteiger partial charge in [-0.05, 0) is 80.6 Å². The first-order valence-corrected chi connectivity index (χ1v) is 11.5. The second kappa shape index (κ2) is 8.89. The van der Waals surface area contributed by atoms with E-state index in [1.165, 1.54) is 10.9 Å². The average Bonchev–Trinajstić information content (AvgIpc) is 3.20. The van der Waals surface area contributed by atoms with Crippen LogP contribution < -0.4 is 10.6 Å². The molecule has 2 aliphatic rings. The van der Waals surface area contributed by atoms with Crippen molar-refractivity contribution < 1.29 is 4.79 Å². The predicted octanol–water partition coefficient (Wildman–Crippen LogP) is 4.32. The molecule has 0 unspecified atom stereocenters. The number of aromatic nitrogens is 2. The van der Waals surface area contributed by atoms with Gasteiger partial charge in [0.1, 0.15) is 0 Å². The summed E-state index contributed by atoms with van der Waals surface area (Å²) in [7, 11) is 0. The highest BCUT2D eigenvalue weighted by Crippen LogP contribution is 2.35. The Bertz CT molecular complexity index is 1050. The number of piperidine rings is 2. The summed E-state index contributed by atoms with van der Waals surface area (Å²) in [5.74, 6) is 0.432. The maximum Gasteiger partial charge on any atom is 0.317 e. The Morgan fingerprint density at radius 2 is 1.81 bits per heavy atom. The maximum absolute atomic E-state index is 12.7. The zero-order valence-corrected chi connectivity index (χ0v) is 18.3. The molecule has 7 heteroatoms. The smallest absolute Gasteiger partial charge is 0.317 e. The summed E-state index contributed by atoms with van der Waals surface area (Å²) in [6.45, 7) is 3.56. The Morgan fingerprint density at radius 3 is 2.55 bits per heavy atom. The van der Waals surface area contributed by atoms with Gasteiger partial charge in [-0.15, -0.1) is 0 Å². The third-order valence-corrected chi connectivity index (χ3v) is 6.88. The number of carbonyl (C=O) groups excluding carboxylic acids is 1. The van der Waals surface area contributed by atoms with Crippen LogP contribution in [-0.4, -0.2) is 52.7 Å². The first-order chi connectivity index (χ1) is 15.2. The Kier molecular flexibility index (Phi) is 5.83. The zero-order valence-electron chi connectivity index (χ0n) is 17.6. The number of rotatable bonds is 3. The molecule has 31 heavy (non-hydrogen) atoms. The molecule has 2 fully saturated rings. The number of nitrogens with zero attached hydrogens (tertiary/aromatic N) is 3. The molecular formula is C24H28ClN5O. The standard InChI is InChI=1S/C24H28ClN5O/c25-18-1-3-20(4-2-18)30-16-22(21-7-12-27-15-23(21)30)17-8-13-29(14-9-17)24(31)28-19-5-10-26-11-6-19/h1-4,7,12,15-17,19,26H,5-6,8-11,13-14H2,(H,28,31). The second-order valence-corrected chi connectivity index (χ2v) is 9.00. The number of likely N-dealkylation sites (tertiary alicyclic amines) is 1. The van der Waals surface area contributed by atoms with Crippen LogP contribution in [0.15, 0.2) is 48.9 Å². The molecule has 0 radical (unpaired) electrons. The molecule has 0 aliphatic carbocycles. The summed E-state index contributed by atoms with van der Waals surface area (Å²) in [4.78, 5) is 19.0. The second-order valence-electron chi connectivity index (χ2n) is 8.56. The molecule has 0 saturated carbocycles. The minimum absolute atomic E-state index is 0.0955. The molecular weight excluding hydrogens is 410 g/mol. The van der Waals surface area contributed by atoms with Gasteiger partial charge >= 0.3 is 6.03 Å². The Balaban J connectivity index is 1.32. The third kappa shape index (κ3) is 4.27. The van der Waals surface area contributed by atoms with Crippen LogP contribution in [0.25, 0.3) is 16.6 Å². The quantitative estimate of drug-likeness (QED) is 0.641. The van der Waals surface area contributed by atoms with Crippen molar-refractivity contribution in [1.82, 2.24) is 25.1 Å². The first-order valence-electron chi connectivity index (χ1n) is 11.2. The lowest BCUT2D eigenvalue weighted by atomic mass is 9.89. The lowest BCUT2D eigenvalue weighted by Gasteiger charge is -2.34. The number of halogens is 1. The molecule has 2 aromatic heterocycles. The summed E-state index contributed by atoms with van der Waals surface area (Å²) < 4.78 is 2.20. The van der Waals surface area contributed by atoms with Crippen LogP contribution >= 0.6 is 11.6 Å². The Morgan fingerprint density at radius 1 is 1.06 bits per heavy atom. The van der Waals surface area contributed by atoms with Crippen LogP contribution in [0, 0.1) is 0 Å². The van der Waals surface area contributed by atoms with Crippen molar-refractivity contribution in [2.75, 3.05) is 26.2 Å². The first kappa shape index (κ1) is 20.3. The summed E-state index contributed by atoms with van der Waals surface area (Å²) in [6.07, 6.45) is 10.0. The van der Waals surface area contributed by atoms with E-state index in [0.717, 1.165) is 68.1 Å². The number of urea groups is 1. The van der Waals surface area contributed by atoms with E-state index >= 15 is 0 Å². The van der Waals surface area contributed by atoms with Crippen LogP contribution in [0.1, 0.15) is 37.2 Å². The number of hydrogen-bond acceptors (Lipinski definition) is 3. The minimum atomic E-state index is 0.0955. The number of fused-ring (bicyclic) bond motifs is 1. The van der Waals surface area contributed by atoms with Gasteiger partial charge in [0.05, 0.1) is 11.7 Å². The maximum atomic E-state index is 12.7. The van der Waals surface area contributed by atoms with Gasteiger partial charge in [-0.3, -0.25) is 4.98 Å². The SMILES string of the molecule is O=C(NC1CCNCC1)N1CCC(c2cn(-c3ccc(Cl)cc3)c3cnccc23)CC1. The zero-order chi connectivity index (χ0) is 21.2. The van der Waals surface area contributed by atoms with Crippen LogP contribution in [0.5, 0.6) is 0 Å². The molecule has 2 saturated heterocycles. The lowest BCUT2D eigenvalue weighted by Crippen LogP contribution is -2.50. The van der Waals surface area contributed by atoms with Gasteiger partial charge in [0.15, 0.2) is 0 Å². The lowest BCUT2D eigenvalue weighted by molar-refractivity contribution is 0.175. The number of amides is 2. The van der Waals surface area contributed by atoms with Gasteiger partial charge in [0.2, 0.25) is 0 Å². The third-order valence-electron chi connectivity index (χ3n) is 6.63. The van der Waals surface area contributed by atoms with E-state index in [-0.39, 0.29) is 6.03 Å². The number of hydrogen-bond donors (Lipinski definition) is 2. The molecule has 2 amide bonds. The highest BCUT2D eigenvalue weighted by molar-refractivity contribution is 6.30. The summed E-state index contributed by atoms with van der Waals surface area (Å²) >= 11 is 6.08. The van der Waals surface area contributed by atoms with E-state index in [0.29, 0.717) is 12.0 Å².